The summed E-state index contributed by atoms with van der Waals surface area (Å²) in [6.45, 7) is 1.93. The van der Waals surface area contributed by atoms with Gasteiger partial charge in [0, 0.05) is 12.1 Å². The summed E-state index contributed by atoms with van der Waals surface area (Å²) in [5.41, 5.74) is 2.31. The van der Waals surface area contributed by atoms with Crippen molar-refractivity contribution in [2.75, 3.05) is 6.61 Å². The smallest absolute Gasteiger partial charge is 0.286 e. The Morgan fingerprint density at radius 3 is 2.76 bits per heavy atom. The summed E-state index contributed by atoms with van der Waals surface area (Å²) in [7, 11) is 1.90. The fraction of sp³-hybridized carbons (Fsp3) is 0.222. The molecule has 7 heteroatoms. The van der Waals surface area contributed by atoms with Gasteiger partial charge in [-0.15, -0.1) is 0 Å². The van der Waals surface area contributed by atoms with Gasteiger partial charge in [0.15, 0.2) is 11.4 Å². The lowest BCUT2D eigenvalue weighted by molar-refractivity contribution is -0.120. The molecule has 3 aromatic rings. The zero-order valence-electron chi connectivity index (χ0n) is 13.8. The summed E-state index contributed by atoms with van der Waals surface area (Å²) in [5.74, 6) is 0.0341. The second-order valence-corrected chi connectivity index (χ2v) is 7.32. The van der Waals surface area contributed by atoms with Gasteiger partial charge in [0.25, 0.3) is 5.91 Å². The predicted octanol–water partition coefficient (Wildman–Crippen LogP) is 4.62. The molecule has 1 amide bonds. The van der Waals surface area contributed by atoms with E-state index in [0.29, 0.717) is 20.6 Å². The molecule has 0 bridgehead atoms. The number of fused-ring (bicyclic) bond motifs is 1. The minimum atomic E-state index is -0.371. The van der Waals surface area contributed by atoms with Crippen molar-refractivity contribution in [2.45, 2.75) is 13.3 Å². The third-order valence-corrected chi connectivity index (χ3v) is 5.37. The van der Waals surface area contributed by atoms with Gasteiger partial charge in [-0.2, -0.15) is 4.99 Å². The van der Waals surface area contributed by atoms with E-state index in [0.717, 1.165) is 16.6 Å². The van der Waals surface area contributed by atoms with Crippen LogP contribution in [-0.2, 0) is 18.3 Å². The zero-order chi connectivity index (χ0) is 18.0. The summed E-state index contributed by atoms with van der Waals surface area (Å²) >= 11 is 13.3. The average Bonchev–Trinajstić information content (AvgIpc) is 2.89. The van der Waals surface area contributed by atoms with Gasteiger partial charge >= 0.3 is 0 Å². The second kappa shape index (κ2) is 7.60. The molecule has 0 saturated heterocycles. The largest absolute Gasteiger partial charge is 0.482 e. The molecule has 0 fully saturated rings. The number of aromatic nitrogens is 1. The van der Waals surface area contributed by atoms with E-state index in [9.17, 15) is 4.79 Å². The summed E-state index contributed by atoms with van der Waals surface area (Å²) in [6.07, 6.45) is 0.971. The maximum Gasteiger partial charge on any atom is 0.286 e. The van der Waals surface area contributed by atoms with Crippen LogP contribution in [0.4, 0.5) is 0 Å². The lowest BCUT2D eigenvalue weighted by Gasteiger charge is -2.05. The number of hydrogen-bond donors (Lipinski definition) is 0. The van der Waals surface area contributed by atoms with Crippen LogP contribution in [0.3, 0.4) is 0 Å². The van der Waals surface area contributed by atoms with Crippen LogP contribution in [0.1, 0.15) is 12.5 Å². The number of thiazole rings is 1. The van der Waals surface area contributed by atoms with E-state index < -0.39 is 0 Å². The molecule has 0 N–H and O–H groups in total. The lowest BCUT2D eigenvalue weighted by Crippen LogP contribution is -2.17. The summed E-state index contributed by atoms with van der Waals surface area (Å²) < 4.78 is 8.45. The first-order valence-corrected chi connectivity index (χ1v) is 9.29. The standard InChI is InChI=1S/C18H16Cl2N2O2S/c1-3-11-4-6-14-16(8-11)25-18(22(14)2)21-17(23)10-24-15-7-5-12(19)9-13(15)20/h4-9H,3,10H2,1-2H3. The molecule has 3 rings (SSSR count). The Morgan fingerprint density at radius 2 is 2.04 bits per heavy atom. The van der Waals surface area contributed by atoms with Crippen LogP contribution in [0.25, 0.3) is 10.2 Å². The topological polar surface area (TPSA) is 43.6 Å². The zero-order valence-corrected chi connectivity index (χ0v) is 16.1. The van der Waals surface area contributed by atoms with Gasteiger partial charge in [-0.3, -0.25) is 4.79 Å². The molecule has 1 aromatic heterocycles. The number of hydrogen-bond acceptors (Lipinski definition) is 3. The quantitative estimate of drug-likeness (QED) is 0.647. The number of rotatable bonds is 4. The van der Waals surface area contributed by atoms with Crippen molar-refractivity contribution in [2.24, 2.45) is 12.0 Å². The van der Waals surface area contributed by atoms with Crippen LogP contribution >= 0.6 is 34.5 Å². The molecule has 0 aliphatic carbocycles. The number of ether oxygens (including phenoxy) is 1. The number of carbonyl (C=O) groups is 1. The highest BCUT2D eigenvalue weighted by Gasteiger charge is 2.08. The Kier molecular flexibility index (Phi) is 5.47. The fourth-order valence-electron chi connectivity index (χ4n) is 2.38. The summed E-state index contributed by atoms with van der Waals surface area (Å²) in [4.78, 5) is 16.9. The van der Waals surface area contributed by atoms with Gasteiger partial charge in [-0.05, 0) is 42.3 Å². The van der Waals surface area contributed by atoms with Crippen molar-refractivity contribution in [3.63, 3.8) is 0 Å². The van der Waals surface area contributed by atoms with Crippen LogP contribution in [0, 0.1) is 0 Å². The Bertz CT molecular complexity index is 1010. The van der Waals surface area contributed by atoms with Gasteiger partial charge in [-0.1, -0.05) is 47.5 Å². The Morgan fingerprint density at radius 1 is 1.24 bits per heavy atom. The van der Waals surface area contributed by atoms with Crippen molar-refractivity contribution in [1.29, 1.82) is 0 Å². The molecule has 0 saturated carbocycles. The SMILES string of the molecule is CCc1ccc2c(c1)sc(=NC(=O)COc1ccc(Cl)cc1Cl)n2C. The number of carbonyl (C=O) groups excluding carboxylic acids is 1. The molecule has 0 aliphatic heterocycles. The number of benzene rings is 2. The highest BCUT2D eigenvalue weighted by molar-refractivity contribution is 7.16. The lowest BCUT2D eigenvalue weighted by atomic mass is 10.2. The number of halogens is 2. The normalized spacial score (nSPS) is 11.9. The summed E-state index contributed by atoms with van der Waals surface area (Å²) in [6, 6.07) is 11.1. The molecule has 0 aliphatic rings. The van der Waals surface area contributed by atoms with E-state index in [1.54, 1.807) is 18.2 Å². The van der Waals surface area contributed by atoms with Gasteiger partial charge in [0.2, 0.25) is 0 Å². The monoisotopic (exact) mass is 394 g/mol. The molecule has 25 heavy (non-hydrogen) atoms. The highest BCUT2D eigenvalue weighted by atomic mass is 35.5. The van der Waals surface area contributed by atoms with E-state index in [2.05, 4.69) is 30.1 Å². The maximum absolute atomic E-state index is 12.1. The van der Waals surface area contributed by atoms with Crippen LogP contribution in [0.15, 0.2) is 41.4 Å². The molecule has 2 aromatic carbocycles. The van der Waals surface area contributed by atoms with Crippen LogP contribution in [0.5, 0.6) is 5.75 Å². The van der Waals surface area contributed by atoms with E-state index in [1.807, 2.05) is 11.6 Å². The van der Waals surface area contributed by atoms with Gasteiger partial charge in [0.1, 0.15) is 5.75 Å². The third-order valence-electron chi connectivity index (χ3n) is 3.75. The highest BCUT2D eigenvalue weighted by Crippen LogP contribution is 2.27. The third kappa shape index (κ3) is 4.06. The van der Waals surface area contributed by atoms with Crippen LogP contribution in [0.2, 0.25) is 10.0 Å². The molecule has 0 unspecified atom stereocenters. The van der Waals surface area contributed by atoms with Crippen molar-refractivity contribution < 1.29 is 9.53 Å². The number of aryl methyl sites for hydroxylation is 2. The molecule has 130 valence electrons. The predicted molar refractivity (Wildman–Crippen MR) is 103 cm³/mol. The van der Waals surface area contributed by atoms with Crippen molar-refractivity contribution in [1.82, 2.24) is 4.57 Å². The maximum atomic E-state index is 12.1. The van der Waals surface area contributed by atoms with E-state index in [-0.39, 0.29) is 12.5 Å². The van der Waals surface area contributed by atoms with Gasteiger partial charge in [-0.25, -0.2) is 0 Å². The average molecular weight is 395 g/mol. The van der Waals surface area contributed by atoms with Crippen molar-refractivity contribution >= 4 is 50.7 Å². The van der Waals surface area contributed by atoms with Crippen molar-refractivity contribution in [3.05, 3.63) is 56.8 Å². The molecule has 0 radical (unpaired) electrons. The van der Waals surface area contributed by atoms with E-state index >= 15 is 0 Å². The van der Waals surface area contributed by atoms with Crippen LogP contribution < -0.4 is 9.54 Å². The Labute approximate surface area is 159 Å². The molecular weight excluding hydrogens is 379 g/mol. The number of nitrogens with zero attached hydrogens (tertiary/aromatic N) is 2. The molecular formula is C18H16Cl2N2O2S. The summed E-state index contributed by atoms with van der Waals surface area (Å²) in [5, 5.41) is 0.872. The minimum Gasteiger partial charge on any atom is -0.482 e. The second-order valence-electron chi connectivity index (χ2n) is 5.47. The number of amides is 1. The minimum absolute atomic E-state index is 0.185. The first-order valence-electron chi connectivity index (χ1n) is 7.72. The molecule has 4 nitrogen and oxygen atoms in total. The van der Waals surface area contributed by atoms with Crippen LogP contribution in [-0.4, -0.2) is 17.1 Å². The molecule has 0 spiro atoms. The fourth-order valence-corrected chi connectivity index (χ4v) is 3.94. The first kappa shape index (κ1) is 18.0. The van der Waals surface area contributed by atoms with E-state index in [4.69, 9.17) is 27.9 Å². The van der Waals surface area contributed by atoms with Gasteiger partial charge in [0.05, 0.1) is 15.2 Å². The Balaban J connectivity index is 1.81. The van der Waals surface area contributed by atoms with Crippen molar-refractivity contribution in [3.8, 4) is 5.75 Å². The molecule has 1 heterocycles. The first-order chi connectivity index (χ1) is 12.0. The Hall–Kier alpha value is -1.82. The molecule has 0 atom stereocenters. The van der Waals surface area contributed by atoms with Gasteiger partial charge < -0.3 is 9.30 Å². The van der Waals surface area contributed by atoms with E-state index in [1.165, 1.54) is 16.9 Å².